The molecule has 0 radical (unpaired) electrons. The summed E-state index contributed by atoms with van der Waals surface area (Å²) >= 11 is 0. The lowest BCUT2D eigenvalue weighted by molar-refractivity contribution is -0.265. The molecular weight excluding hydrogens is 1600 g/mol. The maximum absolute atomic E-state index is 15.3. The molecule has 8 aliphatic heterocycles. The van der Waals surface area contributed by atoms with Crippen LogP contribution in [0.5, 0.6) is 5.75 Å². The zero-order chi connectivity index (χ0) is 90.7. The number of nitrogens with one attached hydrogen (secondary N) is 1. The number of amides is 2. The van der Waals surface area contributed by atoms with Gasteiger partial charge in [-0.15, -0.1) is 0 Å². The number of aromatic amines is 1. The van der Waals surface area contributed by atoms with Crippen LogP contribution >= 0.6 is 0 Å². The number of hydrogen-bond donors (Lipinski definition) is 6. The van der Waals surface area contributed by atoms with E-state index in [-0.39, 0.29) is 67.1 Å². The highest BCUT2D eigenvalue weighted by Gasteiger charge is 2.81. The molecule has 3 aromatic rings. The summed E-state index contributed by atoms with van der Waals surface area (Å²) < 4.78 is 53.0. The highest BCUT2D eigenvalue weighted by molar-refractivity contribution is 6.39. The van der Waals surface area contributed by atoms with Crippen LogP contribution in [0, 0.1) is 46.8 Å². The van der Waals surface area contributed by atoms with E-state index in [0.29, 0.717) is 163 Å². The second kappa shape index (κ2) is 39.4. The van der Waals surface area contributed by atoms with E-state index in [2.05, 4.69) is 20.9 Å². The molecule has 10 aliphatic rings. The molecule has 4 saturated heterocycles. The number of ketones is 3. The maximum atomic E-state index is 15.3. The van der Waals surface area contributed by atoms with E-state index in [1.807, 2.05) is 108 Å². The van der Waals surface area contributed by atoms with E-state index in [0.717, 1.165) is 28.5 Å². The Morgan fingerprint density at radius 3 is 2.22 bits per heavy atom. The first kappa shape index (κ1) is 96.0. The molecule has 125 heavy (non-hydrogen) atoms. The van der Waals surface area contributed by atoms with Gasteiger partial charge in [-0.25, -0.2) is 9.59 Å². The number of aliphatic hydroxyl groups is 5. The number of anilines is 1. The monoisotopic (exact) mass is 1740 g/mol. The Balaban J connectivity index is 0.000000228. The predicted molar refractivity (Wildman–Crippen MR) is 466 cm³/mol. The van der Waals surface area contributed by atoms with Gasteiger partial charge in [0.05, 0.1) is 63.1 Å². The van der Waals surface area contributed by atoms with Crippen molar-refractivity contribution in [2.75, 3.05) is 86.8 Å². The number of aromatic nitrogens is 1. The highest BCUT2D eigenvalue weighted by Crippen LogP contribution is 2.69. The van der Waals surface area contributed by atoms with Crippen molar-refractivity contribution in [1.82, 2.24) is 19.7 Å². The van der Waals surface area contributed by atoms with Gasteiger partial charge in [-0.05, 0) is 181 Å². The highest BCUT2D eigenvalue weighted by atomic mass is 16.6. The summed E-state index contributed by atoms with van der Waals surface area (Å²) in [4.78, 5) is 138. The zero-order valence-electron chi connectivity index (χ0n) is 75.9. The van der Waals surface area contributed by atoms with E-state index >= 15 is 4.79 Å². The number of esters is 4. The van der Waals surface area contributed by atoms with E-state index < -0.39 is 147 Å². The molecule has 25 atom stereocenters. The minimum Gasteiger partial charge on any atom is -0.496 e. The van der Waals surface area contributed by atoms with Crippen molar-refractivity contribution < 1.29 is 111 Å². The molecule has 6 fully saturated rings. The Morgan fingerprint density at radius 1 is 0.792 bits per heavy atom. The number of rotatable bonds is 14. The molecular formula is C97H135N5O23. The number of methoxy groups -OCH3 is 6. The van der Waals surface area contributed by atoms with Crippen LogP contribution in [0.25, 0.3) is 10.9 Å². The van der Waals surface area contributed by atoms with Gasteiger partial charge >= 0.3 is 23.9 Å². The number of benzene rings is 2. The summed E-state index contributed by atoms with van der Waals surface area (Å²) in [6.45, 7) is 20.9. The Bertz CT molecular complexity index is 4630. The molecule has 6 N–H and O–H groups in total. The van der Waals surface area contributed by atoms with Crippen LogP contribution in [0.3, 0.4) is 0 Å². The van der Waals surface area contributed by atoms with Crippen LogP contribution in [0.2, 0.25) is 0 Å². The fourth-order valence-electron chi connectivity index (χ4n) is 23.5. The van der Waals surface area contributed by atoms with Crippen molar-refractivity contribution in [3.63, 3.8) is 0 Å². The number of hydrogen-bond acceptors (Lipinski definition) is 25. The lowest BCUT2D eigenvalue weighted by Gasteiger charge is -2.63. The average molecular weight is 1740 g/mol. The van der Waals surface area contributed by atoms with Crippen LogP contribution in [0.15, 0.2) is 96.2 Å². The van der Waals surface area contributed by atoms with Gasteiger partial charge in [-0.1, -0.05) is 115 Å². The Labute approximate surface area is 735 Å². The SMILES string of the molecule is CC[C@]1(O)C[C@H]2C[N@](CCc3c([nH]c4ccccc34)[C@@](C(=O)OC)(c3cc4c(cc3OC)N(C=O)[C@H]3[C@@](O)(C(=O)OC)[C@H](OC(C)=O)[C@]5(CC)C=CCN6CC[C@]43[C@@H]65)C2)C1.CO[C@H]1C[C@@H]2CC[C@@H](C)[C@@](O)(O2)C(=O)C(=O)N2CCCC[C@H]2C(=O)O[C@H]([C@H](C)C[C@@H]2CC[C@@H](O)[C@H](OC)C2)CC(=O)[C@H](C)/C=C(\C)[C@@H](O)[C@@H](OC)C(=O)[C@H](C)C[C@H](C)/C=C/C=C/C=C/1C. The van der Waals surface area contributed by atoms with Gasteiger partial charge in [0.2, 0.25) is 17.8 Å². The third-order valence-electron chi connectivity index (χ3n) is 30.0. The molecule has 4 bridgehead atoms. The number of Topliss-reactive ketones (excluding diaryl/α,β-unsaturated/α-hetero) is 3. The van der Waals surface area contributed by atoms with Gasteiger partial charge in [0.25, 0.3) is 11.7 Å². The number of nitrogens with zero attached hydrogens (tertiary/aromatic N) is 4. The Kier molecular flexibility index (Phi) is 30.3. The zero-order valence-corrected chi connectivity index (χ0v) is 75.9. The molecule has 13 rings (SSSR count). The lowest BCUT2D eigenvalue weighted by Crippen LogP contribution is -2.81. The number of carbonyl (C=O) groups excluding carboxylic acids is 9. The van der Waals surface area contributed by atoms with Gasteiger partial charge in [0.15, 0.2) is 11.9 Å². The largest absolute Gasteiger partial charge is 0.496 e. The van der Waals surface area contributed by atoms with E-state index in [4.69, 9.17) is 42.6 Å². The molecule has 2 amide bonds. The van der Waals surface area contributed by atoms with E-state index in [9.17, 15) is 63.9 Å². The third kappa shape index (κ3) is 18.1. The molecule has 2 aliphatic carbocycles. The normalized spacial score (nSPS) is 38.5. The summed E-state index contributed by atoms with van der Waals surface area (Å²) in [5.41, 5.74) is -1.88. The molecule has 28 heteroatoms. The van der Waals surface area contributed by atoms with Crippen molar-refractivity contribution in [1.29, 1.82) is 0 Å². The van der Waals surface area contributed by atoms with Crippen molar-refractivity contribution in [3.05, 3.63) is 119 Å². The first-order chi connectivity index (χ1) is 59.5. The molecule has 0 unspecified atom stereocenters. The van der Waals surface area contributed by atoms with Crippen molar-refractivity contribution in [2.45, 2.75) is 280 Å². The van der Waals surface area contributed by atoms with E-state index in [1.54, 1.807) is 47.1 Å². The van der Waals surface area contributed by atoms with E-state index in [1.165, 1.54) is 45.2 Å². The number of allylic oxidation sites excluding steroid dienone is 6. The van der Waals surface area contributed by atoms with Crippen LogP contribution in [0.4, 0.5) is 5.69 Å². The summed E-state index contributed by atoms with van der Waals surface area (Å²) in [6, 6.07) is 8.83. The van der Waals surface area contributed by atoms with Crippen LogP contribution in [-0.2, 0) is 98.3 Å². The van der Waals surface area contributed by atoms with Gasteiger partial charge in [-0.3, -0.25) is 43.4 Å². The molecule has 686 valence electrons. The summed E-state index contributed by atoms with van der Waals surface area (Å²) in [7, 11) is 8.61. The first-order valence-electron chi connectivity index (χ1n) is 45.2. The number of H-pyrrole nitrogens is 1. The van der Waals surface area contributed by atoms with Crippen LogP contribution in [0.1, 0.15) is 201 Å². The Hall–Kier alpha value is -8.13. The minimum atomic E-state index is -2.53. The average Bonchev–Trinajstić information content (AvgIpc) is 1.48. The standard InChI is InChI=1S/C51H79NO13.C46H56N4O10/c1-30-16-12-11-13-17-31(2)42(61-8)28-38-21-19-36(7)51(60,65-38)48(57)49(58)52-23-15-14-18-39(52)50(59)64-43(33(4)26-37-20-22-40(53)44(27-37)62-9)29-41(54)32(3)25-35(6)46(56)47(63-10)45(55)34(5)24-30;1-7-42(55)22-28-23-45(40(53)58-5,36-30(14-18-48(24-28)25-42)29-12-9-10-13-33(29)47-36)32-20-31-34(21-35(32)57-4)50(26-51)38-44(31)16-19-49-17-11-15-43(8-2,37(44)49)39(60-27(3)52)46(38,56)41(54)59-6/h11-13,16-17,25,30,32-34,36-40,42-44,46-47,53,56,60H,14-15,18-24,26-29H2,1-10H3;9-13,15,20-21,26,28,37-39,47,55-56H,7-8,14,16-19,22-25H2,1-6H3/b13-11+,16-12+,31-17+,35-25+;/t30-,32-,33-,34-,36-,37+,38+,39+,40-,42+,43+,44-,46-,47+,51-;28-,37+,38-,39-,42+,43-,44-,45+,46+/m11/s1. The quantitative estimate of drug-likeness (QED) is 0.0287. The Morgan fingerprint density at radius 2 is 1.54 bits per heavy atom. The van der Waals surface area contributed by atoms with Crippen LogP contribution < -0.4 is 9.64 Å². The van der Waals surface area contributed by atoms with Gasteiger partial charge < -0.3 is 82.9 Å². The molecule has 2 aromatic carbocycles. The van der Waals surface area contributed by atoms with Crippen LogP contribution in [-0.4, -0.2) is 265 Å². The lowest BCUT2D eigenvalue weighted by atomic mass is 9.47. The van der Waals surface area contributed by atoms with Gasteiger partial charge in [-0.2, -0.15) is 0 Å². The van der Waals surface area contributed by atoms with Gasteiger partial charge in [0, 0.05) is 137 Å². The number of ether oxygens (including phenoxy) is 9. The summed E-state index contributed by atoms with van der Waals surface area (Å²) in [5, 5.41) is 60.1. The fourth-order valence-corrected chi connectivity index (χ4v) is 23.5. The predicted octanol–water partition coefficient (Wildman–Crippen LogP) is 9.70. The second-order valence-corrected chi connectivity index (χ2v) is 37.7. The fraction of sp³-hybridized carbons (Fsp3) is 0.660. The van der Waals surface area contributed by atoms with Crippen molar-refractivity contribution in [3.8, 4) is 5.75 Å². The molecule has 2 saturated carbocycles. The summed E-state index contributed by atoms with van der Waals surface area (Å²) in [6.07, 6.45) is 17.0. The topological polar surface area (TPSA) is 367 Å². The maximum Gasteiger partial charge on any atom is 0.344 e. The smallest absolute Gasteiger partial charge is 0.344 e. The third-order valence-corrected chi connectivity index (χ3v) is 30.0. The molecule has 1 aromatic heterocycles. The first-order valence-corrected chi connectivity index (χ1v) is 45.2. The number of para-hydroxylation sites is 1. The van der Waals surface area contributed by atoms with Gasteiger partial charge in [0.1, 0.15) is 41.3 Å². The molecule has 9 heterocycles. The number of aliphatic hydroxyl groups excluding tert-OH is 2. The molecule has 1 spiro atoms. The number of carbonyl (C=O) groups is 9. The molecule has 28 nitrogen and oxygen atoms in total. The van der Waals surface area contributed by atoms with Crippen molar-refractivity contribution in [2.24, 2.45) is 46.8 Å². The summed E-state index contributed by atoms with van der Waals surface area (Å²) in [5.74, 6) is -10.0. The second-order valence-electron chi connectivity index (χ2n) is 37.7. The number of fused-ring (bicyclic) bond motifs is 9. The number of cyclic esters (lactones) is 1. The number of piperidine rings is 2. The minimum absolute atomic E-state index is 0.0193. The van der Waals surface area contributed by atoms with Crippen molar-refractivity contribution >= 4 is 70.1 Å².